The van der Waals surface area contributed by atoms with Crippen molar-refractivity contribution in [2.45, 2.75) is 118 Å². The van der Waals surface area contributed by atoms with E-state index in [4.69, 9.17) is 19.7 Å². The van der Waals surface area contributed by atoms with Gasteiger partial charge in [0, 0.05) is 30.3 Å². The molecule has 0 spiro atoms. The summed E-state index contributed by atoms with van der Waals surface area (Å²) in [5.74, 6) is -0.632. The Morgan fingerprint density at radius 1 is 1.08 bits per heavy atom. The summed E-state index contributed by atoms with van der Waals surface area (Å²) in [6.45, 7) is 17.8. The van der Waals surface area contributed by atoms with Crippen LogP contribution in [0.15, 0.2) is 35.3 Å². The van der Waals surface area contributed by atoms with E-state index in [0.717, 1.165) is 38.6 Å². The number of piperidine rings is 1. The Morgan fingerprint density at radius 3 is 2.42 bits per heavy atom. The SMILES string of the molecule is C/C=C1\C(=NC(C)C)C(c2cc(O)cc3ccc(F)c(CC)c23)=C(F)c2nc(OCC3(CCC)CCCN3C)nc(N3CCCC(C)(O)C3)c21.CC. The number of anilines is 1. The summed E-state index contributed by atoms with van der Waals surface area (Å²) in [6.07, 6.45) is 7.63. The van der Waals surface area contributed by atoms with Crippen LogP contribution in [0.25, 0.3) is 27.7 Å². The third kappa shape index (κ3) is 7.47. The highest BCUT2D eigenvalue weighted by Gasteiger charge is 2.41. The van der Waals surface area contributed by atoms with Crippen molar-refractivity contribution in [2.24, 2.45) is 4.99 Å². The first-order chi connectivity index (χ1) is 24.8. The fourth-order valence-corrected chi connectivity index (χ4v) is 8.28. The monoisotopic (exact) mass is 717 g/mol. The van der Waals surface area contributed by atoms with Crippen LogP contribution in [0.1, 0.15) is 116 Å². The highest BCUT2D eigenvalue weighted by atomic mass is 19.1. The van der Waals surface area contributed by atoms with Crippen LogP contribution in [0.4, 0.5) is 14.6 Å². The van der Waals surface area contributed by atoms with Crippen LogP contribution in [-0.4, -0.2) is 81.3 Å². The van der Waals surface area contributed by atoms with Crippen LogP contribution in [0, 0.1) is 5.82 Å². The maximum absolute atomic E-state index is 17.8. The molecule has 0 saturated carbocycles. The average Bonchev–Trinajstić information content (AvgIpc) is 3.47. The van der Waals surface area contributed by atoms with Crippen LogP contribution in [-0.2, 0) is 6.42 Å². The van der Waals surface area contributed by atoms with Crippen molar-refractivity contribution in [1.29, 1.82) is 0 Å². The molecule has 2 unspecified atom stereocenters. The Hall–Kier alpha value is -3.89. The Labute approximate surface area is 308 Å². The molecule has 3 aliphatic rings. The fourth-order valence-electron chi connectivity index (χ4n) is 8.28. The number of hydrogen-bond donors (Lipinski definition) is 2. The summed E-state index contributed by atoms with van der Waals surface area (Å²) in [7, 11) is 2.12. The van der Waals surface area contributed by atoms with E-state index in [-0.39, 0.29) is 34.6 Å². The number of fused-ring (bicyclic) bond motifs is 2. The van der Waals surface area contributed by atoms with Gasteiger partial charge in [0.15, 0.2) is 5.83 Å². The normalized spacial score (nSPS) is 23.8. The molecule has 2 aliphatic heterocycles. The Bertz CT molecular complexity index is 1890. The Kier molecular flexibility index (Phi) is 12.1. The van der Waals surface area contributed by atoms with E-state index in [1.54, 1.807) is 12.1 Å². The number of halogens is 2. The molecule has 10 heteroatoms. The lowest BCUT2D eigenvalue weighted by Crippen LogP contribution is -2.47. The first kappa shape index (κ1) is 39.3. The summed E-state index contributed by atoms with van der Waals surface area (Å²) in [4.78, 5) is 19.1. The molecular weight excluding hydrogens is 660 g/mol. The van der Waals surface area contributed by atoms with E-state index in [1.807, 2.05) is 59.4 Å². The summed E-state index contributed by atoms with van der Waals surface area (Å²) in [5, 5.41) is 23.3. The second-order valence-corrected chi connectivity index (χ2v) is 14.8. The first-order valence-electron chi connectivity index (χ1n) is 19.2. The van der Waals surface area contributed by atoms with Gasteiger partial charge in [0.05, 0.1) is 22.4 Å². The third-order valence-corrected chi connectivity index (χ3v) is 10.6. The van der Waals surface area contributed by atoms with Gasteiger partial charge < -0.3 is 19.8 Å². The van der Waals surface area contributed by atoms with Gasteiger partial charge in [-0.05, 0) is 120 Å². The number of allylic oxidation sites excluding steroid dienone is 3. The average molecular weight is 718 g/mol. The lowest BCUT2D eigenvalue weighted by atomic mass is 9.81. The minimum atomic E-state index is -0.963. The smallest absolute Gasteiger partial charge is 0.319 e. The van der Waals surface area contributed by atoms with E-state index < -0.39 is 17.2 Å². The number of likely N-dealkylation sites (tertiary alicyclic amines) is 1. The lowest BCUT2D eigenvalue weighted by Gasteiger charge is -2.39. The van der Waals surface area contributed by atoms with E-state index in [2.05, 4.69) is 18.9 Å². The molecule has 3 aromatic rings. The molecule has 0 bridgehead atoms. The molecule has 1 aromatic heterocycles. The molecule has 2 atom stereocenters. The van der Waals surface area contributed by atoms with Crippen LogP contribution < -0.4 is 9.64 Å². The van der Waals surface area contributed by atoms with Gasteiger partial charge in [-0.2, -0.15) is 9.97 Å². The van der Waals surface area contributed by atoms with Gasteiger partial charge in [-0.3, -0.25) is 9.89 Å². The van der Waals surface area contributed by atoms with Crippen LogP contribution in [0.5, 0.6) is 11.8 Å². The largest absolute Gasteiger partial charge is 0.508 e. The zero-order valence-corrected chi connectivity index (χ0v) is 32.5. The molecule has 0 radical (unpaired) electrons. The van der Waals surface area contributed by atoms with Gasteiger partial charge in [0.2, 0.25) is 0 Å². The molecule has 0 amide bonds. The van der Waals surface area contributed by atoms with E-state index in [1.165, 1.54) is 12.1 Å². The Morgan fingerprint density at radius 2 is 1.81 bits per heavy atom. The number of nitrogens with zero attached hydrogens (tertiary/aromatic N) is 5. The third-order valence-electron chi connectivity index (χ3n) is 10.6. The zero-order chi connectivity index (χ0) is 38.0. The van der Waals surface area contributed by atoms with Crippen LogP contribution >= 0.6 is 0 Å². The maximum atomic E-state index is 17.8. The topological polar surface area (TPSA) is 94.3 Å². The van der Waals surface area contributed by atoms with Gasteiger partial charge in [-0.15, -0.1) is 0 Å². The summed E-state index contributed by atoms with van der Waals surface area (Å²) in [6, 6.07) is 5.90. The van der Waals surface area contributed by atoms with Gasteiger partial charge in [-0.1, -0.05) is 46.3 Å². The van der Waals surface area contributed by atoms with Crippen LogP contribution in [0.3, 0.4) is 0 Å². The number of hydrogen-bond acceptors (Lipinski definition) is 8. The number of aliphatic hydroxyl groups is 1. The predicted molar refractivity (Wildman–Crippen MR) is 210 cm³/mol. The number of aliphatic imine (C=N–C) groups is 1. The molecule has 1 aliphatic carbocycles. The Balaban J connectivity index is 0.00000257. The van der Waals surface area contributed by atoms with Crippen molar-refractivity contribution in [2.75, 3.05) is 38.2 Å². The van der Waals surface area contributed by atoms with E-state index in [0.29, 0.717) is 77.1 Å². The molecular formula is C42H57F2N5O3. The first-order valence-corrected chi connectivity index (χ1v) is 19.2. The number of aromatic hydroxyl groups is 1. The van der Waals surface area contributed by atoms with Gasteiger partial charge in [0.1, 0.15) is 29.7 Å². The predicted octanol–water partition coefficient (Wildman–Crippen LogP) is 9.16. The van der Waals surface area contributed by atoms with Gasteiger partial charge in [-0.25, -0.2) is 8.78 Å². The number of rotatable bonds is 9. The molecule has 2 fully saturated rings. The number of aromatic nitrogens is 2. The van der Waals surface area contributed by atoms with Crippen LogP contribution in [0.2, 0.25) is 0 Å². The van der Waals surface area contributed by atoms with Gasteiger partial charge in [0.25, 0.3) is 0 Å². The standard InChI is InChI=1S/C40H51F2N5O3.C2H6/c1-8-15-40(17-12-18-46(40)7)23-50-38-44-36-33(37(45-38)47-19-11-16-39(6,49)22-47)28(10-3)35(43-24(4)5)32(34(36)42)29-21-26(48)20-25-13-14-30(41)27(9-2)31(25)29;1-2/h10,13-14,20-21,24,48-49H,8-9,11-12,15-19,22-23H2,1-7H3;1-2H3/b28-10-,43-35?;. The quantitative estimate of drug-likeness (QED) is 0.228. The number of aryl methyl sites for hydroxylation is 1. The van der Waals surface area contributed by atoms with Crippen molar-refractivity contribution < 1.29 is 23.7 Å². The number of phenols is 1. The second kappa shape index (κ2) is 16.0. The minimum absolute atomic E-state index is 0.0521. The number of benzene rings is 2. The number of β-amino-alcohol motifs (C(OH)–C–C–N with tert-alkyl or cyclic N) is 1. The number of phenolic OH excluding ortho intramolecular Hbond substituents is 1. The van der Waals surface area contributed by atoms with Gasteiger partial charge >= 0.3 is 6.01 Å². The van der Waals surface area contributed by atoms with E-state index in [9.17, 15) is 10.2 Å². The highest BCUT2D eigenvalue weighted by Crippen LogP contribution is 2.48. The zero-order valence-electron chi connectivity index (χ0n) is 32.5. The molecule has 2 N–H and O–H groups in total. The van der Waals surface area contributed by atoms with Crippen molar-refractivity contribution in [3.63, 3.8) is 0 Å². The summed E-state index contributed by atoms with van der Waals surface area (Å²) < 4.78 is 39.6. The molecule has 52 heavy (non-hydrogen) atoms. The molecule has 2 aromatic carbocycles. The molecule has 8 nitrogen and oxygen atoms in total. The summed E-state index contributed by atoms with van der Waals surface area (Å²) >= 11 is 0. The second-order valence-electron chi connectivity index (χ2n) is 14.8. The molecule has 3 heterocycles. The number of ether oxygens (including phenoxy) is 1. The molecule has 2 saturated heterocycles. The maximum Gasteiger partial charge on any atom is 0.319 e. The number of likely N-dealkylation sites (N-methyl/N-ethyl adjacent to an activating group) is 1. The van der Waals surface area contributed by atoms with Crippen molar-refractivity contribution in [3.8, 4) is 11.8 Å². The summed E-state index contributed by atoms with van der Waals surface area (Å²) in [5.41, 5.74) is 1.31. The highest BCUT2D eigenvalue weighted by molar-refractivity contribution is 6.51. The van der Waals surface area contributed by atoms with Crippen molar-refractivity contribution in [3.05, 3.63) is 58.5 Å². The van der Waals surface area contributed by atoms with Crippen molar-refractivity contribution >= 4 is 39.3 Å². The minimum Gasteiger partial charge on any atom is -0.508 e. The molecule has 282 valence electrons. The fraction of sp³-hybridized carbons (Fsp3) is 0.548. The lowest BCUT2D eigenvalue weighted by molar-refractivity contribution is 0.0445. The van der Waals surface area contributed by atoms with E-state index >= 15 is 8.78 Å². The van der Waals surface area contributed by atoms with Crippen molar-refractivity contribution in [1.82, 2.24) is 14.9 Å². The molecule has 6 rings (SSSR count).